The minimum Gasteiger partial charge on any atom is -0.339 e. The topological polar surface area (TPSA) is 33.2 Å². The lowest BCUT2D eigenvalue weighted by atomic mass is 10.1. The maximum absolute atomic E-state index is 12.1. The van der Waals surface area contributed by atoms with Crippen LogP contribution in [0, 0.1) is 0 Å². The number of carbonyl (C=O) groups is 1. The maximum atomic E-state index is 12.1. The Morgan fingerprint density at radius 1 is 1.13 bits per heavy atom. The van der Waals surface area contributed by atoms with Crippen molar-refractivity contribution in [2.24, 2.45) is 0 Å². The fraction of sp³-hybridized carbons (Fsp3) is 0.222. The molecule has 1 fully saturated rings. The Morgan fingerprint density at radius 2 is 1.91 bits per heavy atom. The fourth-order valence-electron chi connectivity index (χ4n) is 2.50. The summed E-state index contributed by atoms with van der Waals surface area (Å²) in [7, 11) is 0. The molecule has 0 N–H and O–H groups in total. The number of fused-ring (bicyclic) bond motifs is 1. The van der Waals surface area contributed by atoms with Crippen molar-refractivity contribution in [1.82, 2.24) is 9.88 Å². The Balaban J connectivity index is 1.41. The Morgan fingerprint density at radius 3 is 2.61 bits per heavy atom. The number of amides is 1. The van der Waals surface area contributed by atoms with Gasteiger partial charge in [-0.2, -0.15) is 0 Å². The predicted molar refractivity (Wildman–Crippen MR) is 96.1 cm³/mol. The number of nitrogens with zero attached hydrogens (tertiary/aromatic N) is 2. The summed E-state index contributed by atoms with van der Waals surface area (Å²) in [6.45, 7) is 1.79. The SMILES string of the molecule is O=C(c1ccc(CSc2nc3ccccc3s2)cc1)N1CCC1. The maximum Gasteiger partial charge on any atom is 0.253 e. The molecule has 2 aromatic carbocycles. The van der Waals surface area contributed by atoms with Crippen LogP contribution in [0.1, 0.15) is 22.3 Å². The second-order valence-corrected chi connectivity index (χ2v) is 7.83. The summed E-state index contributed by atoms with van der Waals surface area (Å²) >= 11 is 3.48. The third-order valence-corrected chi connectivity index (χ3v) is 6.23. The van der Waals surface area contributed by atoms with Crippen molar-refractivity contribution in [3.8, 4) is 0 Å². The molecule has 23 heavy (non-hydrogen) atoms. The zero-order valence-corrected chi connectivity index (χ0v) is 14.2. The van der Waals surface area contributed by atoms with Gasteiger partial charge in [0.15, 0.2) is 4.34 Å². The first-order valence-corrected chi connectivity index (χ1v) is 9.46. The van der Waals surface area contributed by atoms with Crippen molar-refractivity contribution in [3.05, 3.63) is 59.7 Å². The Labute approximate surface area is 143 Å². The van der Waals surface area contributed by atoms with E-state index >= 15 is 0 Å². The lowest BCUT2D eigenvalue weighted by molar-refractivity contribution is 0.0652. The van der Waals surface area contributed by atoms with Crippen molar-refractivity contribution in [3.63, 3.8) is 0 Å². The summed E-state index contributed by atoms with van der Waals surface area (Å²) in [5.41, 5.74) is 3.07. The molecule has 4 rings (SSSR count). The number of hydrogen-bond donors (Lipinski definition) is 0. The molecule has 0 aliphatic carbocycles. The molecule has 0 saturated carbocycles. The van der Waals surface area contributed by atoms with Crippen LogP contribution in [0.15, 0.2) is 52.9 Å². The third-order valence-electron chi connectivity index (χ3n) is 3.98. The van der Waals surface area contributed by atoms with Crippen LogP contribution in [0.5, 0.6) is 0 Å². The monoisotopic (exact) mass is 340 g/mol. The largest absolute Gasteiger partial charge is 0.339 e. The van der Waals surface area contributed by atoms with Gasteiger partial charge in [-0.3, -0.25) is 4.79 Å². The van der Waals surface area contributed by atoms with E-state index in [9.17, 15) is 4.79 Å². The fourth-order valence-corrected chi connectivity index (χ4v) is 4.53. The van der Waals surface area contributed by atoms with Crippen molar-refractivity contribution >= 4 is 39.2 Å². The minimum atomic E-state index is 0.154. The molecule has 0 spiro atoms. The van der Waals surface area contributed by atoms with Crippen molar-refractivity contribution < 1.29 is 4.79 Å². The van der Waals surface area contributed by atoms with E-state index in [-0.39, 0.29) is 5.91 Å². The smallest absolute Gasteiger partial charge is 0.253 e. The average Bonchev–Trinajstić information content (AvgIpc) is 2.94. The molecular formula is C18H16N2OS2. The number of rotatable bonds is 4. The van der Waals surface area contributed by atoms with Crippen LogP contribution in [-0.2, 0) is 5.75 Å². The highest BCUT2D eigenvalue weighted by molar-refractivity contribution is 8.00. The summed E-state index contributed by atoms with van der Waals surface area (Å²) in [5, 5.41) is 0. The van der Waals surface area contributed by atoms with Crippen LogP contribution < -0.4 is 0 Å². The van der Waals surface area contributed by atoms with E-state index in [1.54, 1.807) is 23.1 Å². The lowest BCUT2D eigenvalue weighted by Crippen LogP contribution is -2.41. The van der Waals surface area contributed by atoms with E-state index < -0.39 is 0 Å². The number of likely N-dealkylation sites (tertiary alicyclic amines) is 1. The molecule has 1 aliphatic rings. The molecule has 1 aromatic heterocycles. The average molecular weight is 340 g/mol. The highest BCUT2D eigenvalue weighted by Crippen LogP contribution is 2.31. The molecule has 5 heteroatoms. The Hall–Kier alpha value is -1.85. The number of carbonyl (C=O) groups excluding carboxylic acids is 1. The lowest BCUT2D eigenvalue weighted by Gasteiger charge is -2.30. The van der Waals surface area contributed by atoms with Crippen LogP contribution in [0.3, 0.4) is 0 Å². The van der Waals surface area contributed by atoms with E-state index in [0.717, 1.165) is 40.7 Å². The molecule has 0 unspecified atom stereocenters. The molecule has 1 amide bonds. The van der Waals surface area contributed by atoms with Gasteiger partial charge in [0, 0.05) is 24.4 Å². The van der Waals surface area contributed by atoms with Crippen molar-refractivity contribution in [1.29, 1.82) is 0 Å². The van der Waals surface area contributed by atoms with Crippen LogP contribution in [0.25, 0.3) is 10.2 Å². The van der Waals surface area contributed by atoms with Gasteiger partial charge in [-0.15, -0.1) is 11.3 Å². The molecule has 3 nitrogen and oxygen atoms in total. The number of para-hydroxylation sites is 1. The zero-order valence-electron chi connectivity index (χ0n) is 12.6. The van der Waals surface area contributed by atoms with Gasteiger partial charge in [0.1, 0.15) is 0 Å². The van der Waals surface area contributed by atoms with Gasteiger partial charge in [0.25, 0.3) is 5.91 Å². The van der Waals surface area contributed by atoms with Gasteiger partial charge < -0.3 is 4.90 Å². The van der Waals surface area contributed by atoms with Crippen molar-refractivity contribution in [2.45, 2.75) is 16.5 Å². The summed E-state index contributed by atoms with van der Waals surface area (Å²) in [5.74, 6) is 1.03. The second-order valence-electron chi connectivity index (χ2n) is 5.58. The summed E-state index contributed by atoms with van der Waals surface area (Å²) in [6, 6.07) is 16.2. The summed E-state index contributed by atoms with van der Waals surface area (Å²) < 4.78 is 2.32. The van der Waals surface area contributed by atoms with E-state index in [1.165, 1.54) is 10.3 Å². The van der Waals surface area contributed by atoms with Crippen molar-refractivity contribution in [2.75, 3.05) is 13.1 Å². The highest BCUT2D eigenvalue weighted by Gasteiger charge is 2.21. The normalized spacial score (nSPS) is 14.0. The molecule has 0 radical (unpaired) electrons. The molecule has 1 aliphatic heterocycles. The minimum absolute atomic E-state index is 0.154. The van der Waals surface area contributed by atoms with Gasteiger partial charge in [-0.05, 0) is 36.2 Å². The molecule has 1 saturated heterocycles. The van der Waals surface area contributed by atoms with Gasteiger partial charge in [-0.25, -0.2) is 4.98 Å². The van der Waals surface area contributed by atoms with E-state index in [2.05, 4.69) is 11.1 Å². The molecular weight excluding hydrogens is 324 g/mol. The highest BCUT2D eigenvalue weighted by atomic mass is 32.2. The van der Waals surface area contributed by atoms with Gasteiger partial charge in [0.05, 0.1) is 10.2 Å². The van der Waals surface area contributed by atoms with Crippen LogP contribution >= 0.6 is 23.1 Å². The number of thiazole rings is 1. The van der Waals surface area contributed by atoms with E-state index in [1.807, 2.05) is 47.4 Å². The number of aromatic nitrogens is 1. The number of benzene rings is 2. The molecule has 2 heterocycles. The third kappa shape index (κ3) is 3.12. The van der Waals surface area contributed by atoms with Gasteiger partial charge in [-0.1, -0.05) is 36.0 Å². The molecule has 3 aromatic rings. The van der Waals surface area contributed by atoms with Gasteiger partial charge in [0.2, 0.25) is 0 Å². The molecule has 116 valence electrons. The first-order valence-electron chi connectivity index (χ1n) is 7.66. The Kier molecular flexibility index (Phi) is 4.06. The quantitative estimate of drug-likeness (QED) is 0.659. The van der Waals surface area contributed by atoms with Crippen LogP contribution in [0.4, 0.5) is 0 Å². The van der Waals surface area contributed by atoms with Gasteiger partial charge >= 0.3 is 0 Å². The van der Waals surface area contributed by atoms with E-state index in [4.69, 9.17) is 0 Å². The molecule has 0 atom stereocenters. The first kappa shape index (κ1) is 14.7. The zero-order chi connectivity index (χ0) is 15.6. The number of hydrogen-bond acceptors (Lipinski definition) is 4. The predicted octanol–water partition coefficient (Wildman–Crippen LogP) is 4.43. The molecule has 0 bridgehead atoms. The first-order chi connectivity index (χ1) is 11.3. The Bertz CT molecular complexity index is 805. The standard InChI is InChI=1S/C18H16N2OS2/c21-17(20-10-3-11-20)14-8-6-13(7-9-14)12-22-18-19-15-4-1-2-5-16(15)23-18/h1-2,4-9H,3,10-12H2. The summed E-state index contributed by atoms with van der Waals surface area (Å²) in [6.07, 6.45) is 1.13. The number of thioether (sulfide) groups is 1. The second kappa shape index (κ2) is 6.34. The summed E-state index contributed by atoms with van der Waals surface area (Å²) in [4.78, 5) is 18.7. The van der Waals surface area contributed by atoms with Crippen LogP contribution in [-0.4, -0.2) is 28.9 Å². The van der Waals surface area contributed by atoms with E-state index in [0.29, 0.717) is 0 Å². The van der Waals surface area contributed by atoms with Crippen LogP contribution in [0.2, 0.25) is 0 Å².